The first-order valence-electron chi connectivity index (χ1n) is 7.64. The van der Waals surface area contributed by atoms with Gasteiger partial charge >= 0.3 is 0 Å². The number of hydrogen-bond donors (Lipinski definition) is 0. The maximum Gasteiger partial charge on any atom is 0.0841 e. The van der Waals surface area contributed by atoms with E-state index in [1.807, 2.05) is 0 Å². The van der Waals surface area contributed by atoms with Crippen molar-refractivity contribution >= 4 is 34.2 Å². The van der Waals surface area contributed by atoms with Crippen molar-refractivity contribution in [1.29, 1.82) is 0 Å². The van der Waals surface area contributed by atoms with Crippen LogP contribution in [-0.4, -0.2) is 0 Å². The zero-order valence-electron chi connectivity index (χ0n) is 12.9. The van der Waals surface area contributed by atoms with E-state index >= 15 is 0 Å². The van der Waals surface area contributed by atoms with E-state index in [0.29, 0.717) is 0 Å². The molecule has 112 valence electrons. The average Bonchev–Trinajstić information content (AvgIpc) is 2.52. The zero-order chi connectivity index (χ0) is 15.4. The molecule has 0 spiro atoms. The van der Waals surface area contributed by atoms with Crippen LogP contribution in [0, 0.1) is 3.57 Å². The minimum Gasteiger partial charge on any atom is -0.113 e. The van der Waals surface area contributed by atoms with Crippen molar-refractivity contribution in [2.45, 2.75) is 45.4 Å². The third kappa shape index (κ3) is 3.81. The SMILES string of the molecule is CCc1cc(CC)c(C(Cl)c2cccc(I)c2)c(CC)c1. The molecule has 0 aliphatic rings. The maximum atomic E-state index is 6.86. The topological polar surface area (TPSA) is 0 Å². The quantitative estimate of drug-likeness (QED) is 0.399. The van der Waals surface area contributed by atoms with E-state index in [-0.39, 0.29) is 5.38 Å². The highest BCUT2D eigenvalue weighted by molar-refractivity contribution is 14.1. The summed E-state index contributed by atoms with van der Waals surface area (Å²) in [5, 5.41) is -0.0597. The van der Waals surface area contributed by atoms with Crippen molar-refractivity contribution in [2.75, 3.05) is 0 Å². The minimum absolute atomic E-state index is 0.0597. The van der Waals surface area contributed by atoms with Gasteiger partial charge in [-0.2, -0.15) is 0 Å². The van der Waals surface area contributed by atoms with Crippen LogP contribution in [0.3, 0.4) is 0 Å². The lowest BCUT2D eigenvalue weighted by atomic mass is 9.89. The molecule has 0 aliphatic carbocycles. The van der Waals surface area contributed by atoms with Gasteiger partial charge in [-0.15, -0.1) is 11.6 Å². The van der Waals surface area contributed by atoms with E-state index in [0.717, 1.165) is 19.3 Å². The fourth-order valence-electron chi connectivity index (χ4n) is 2.80. The molecular formula is C19H22ClI. The number of benzene rings is 2. The monoisotopic (exact) mass is 412 g/mol. The minimum atomic E-state index is -0.0597. The van der Waals surface area contributed by atoms with Crippen LogP contribution >= 0.6 is 34.2 Å². The van der Waals surface area contributed by atoms with Gasteiger partial charge < -0.3 is 0 Å². The van der Waals surface area contributed by atoms with Crippen LogP contribution in [0.25, 0.3) is 0 Å². The first-order valence-corrected chi connectivity index (χ1v) is 9.16. The normalized spacial score (nSPS) is 12.4. The third-order valence-electron chi connectivity index (χ3n) is 3.98. The first-order chi connectivity index (χ1) is 10.1. The molecule has 0 saturated heterocycles. The first kappa shape index (κ1) is 16.8. The van der Waals surface area contributed by atoms with Gasteiger partial charge in [-0.1, -0.05) is 45.0 Å². The summed E-state index contributed by atoms with van der Waals surface area (Å²) >= 11 is 9.21. The highest BCUT2D eigenvalue weighted by Crippen LogP contribution is 2.35. The zero-order valence-corrected chi connectivity index (χ0v) is 15.8. The van der Waals surface area contributed by atoms with Gasteiger partial charge in [0.15, 0.2) is 0 Å². The fraction of sp³-hybridized carbons (Fsp3) is 0.368. The van der Waals surface area contributed by atoms with Gasteiger partial charge in [0.05, 0.1) is 5.38 Å². The fourth-order valence-corrected chi connectivity index (χ4v) is 3.78. The molecular weight excluding hydrogens is 391 g/mol. The molecule has 1 atom stereocenters. The van der Waals surface area contributed by atoms with Crippen LogP contribution in [0.2, 0.25) is 0 Å². The lowest BCUT2D eigenvalue weighted by Crippen LogP contribution is -2.05. The van der Waals surface area contributed by atoms with Gasteiger partial charge in [-0.25, -0.2) is 0 Å². The van der Waals surface area contributed by atoms with Crippen molar-refractivity contribution in [2.24, 2.45) is 0 Å². The van der Waals surface area contributed by atoms with Crippen molar-refractivity contribution in [3.63, 3.8) is 0 Å². The standard InChI is InChI=1S/C19H22ClI/c1-4-13-10-14(5-2)18(15(6-3)11-13)19(20)16-8-7-9-17(21)12-16/h7-12,19H,4-6H2,1-3H3. The van der Waals surface area contributed by atoms with Gasteiger partial charge in [-0.05, 0) is 81.8 Å². The molecule has 0 amide bonds. The lowest BCUT2D eigenvalue weighted by Gasteiger charge is -2.20. The number of aryl methyl sites for hydroxylation is 3. The Morgan fingerprint density at radius 2 is 1.57 bits per heavy atom. The van der Waals surface area contributed by atoms with Crippen LogP contribution in [-0.2, 0) is 19.3 Å². The van der Waals surface area contributed by atoms with Crippen molar-refractivity contribution in [3.8, 4) is 0 Å². The molecule has 2 heteroatoms. The molecule has 0 saturated carbocycles. The summed E-state index contributed by atoms with van der Waals surface area (Å²) in [6.07, 6.45) is 3.14. The second-order valence-electron chi connectivity index (χ2n) is 5.31. The van der Waals surface area contributed by atoms with Crippen molar-refractivity contribution < 1.29 is 0 Å². The molecule has 2 aromatic rings. The molecule has 0 aromatic heterocycles. The van der Waals surface area contributed by atoms with Gasteiger partial charge in [-0.3, -0.25) is 0 Å². The Labute approximate surface area is 147 Å². The third-order valence-corrected chi connectivity index (χ3v) is 5.12. The molecule has 1 unspecified atom stereocenters. The molecule has 0 bridgehead atoms. The highest BCUT2D eigenvalue weighted by atomic mass is 127. The Balaban J connectivity index is 2.55. The largest absolute Gasteiger partial charge is 0.113 e. The molecule has 2 aromatic carbocycles. The summed E-state index contributed by atoms with van der Waals surface area (Å²) in [6.45, 7) is 6.65. The summed E-state index contributed by atoms with van der Waals surface area (Å²) in [6, 6.07) is 13.2. The lowest BCUT2D eigenvalue weighted by molar-refractivity contribution is 0.963. The van der Waals surface area contributed by atoms with Crippen LogP contribution < -0.4 is 0 Å². The van der Waals surface area contributed by atoms with Gasteiger partial charge in [0, 0.05) is 3.57 Å². The van der Waals surface area contributed by atoms with E-state index < -0.39 is 0 Å². The Morgan fingerprint density at radius 3 is 2.05 bits per heavy atom. The van der Waals surface area contributed by atoms with E-state index in [9.17, 15) is 0 Å². The molecule has 0 radical (unpaired) electrons. The van der Waals surface area contributed by atoms with Crippen LogP contribution in [0.15, 0.2) is 36.4 Å². The highest BCUT2D eigenvalue weighted by Gasteiger charge is 2.18. The Hall–Kier alpha value is -0.540. The van der Waals surface area contributed by atoms with Crippen LogP contribution in [0.1, 0.15) is 54.0 Å². The molecule has 0 fully saturated rings. The average molecular weight is 413 g/mol. The Morgan fingerprint density at radius 1 is 0.952 bits per heavy atom. The maximum absolute atomic E-state index is 6.86. The number of hydrogen-bond acceptors (Lipinski definition) is 0. The van der Waals surface area contributed by atoms with Crippen LogP contribution in [0.4, 0.5) is 0 Å². The number of halogens is 2. The predicted octanol–water partition coefficient (Wildman–Crippen LogP) is 6.31. The van der Waals surface area contributed by atoms with E-state index in [2.05, 4.69) is 79.8 Å². The Kier molecular flexibility index (Phi) is 6.12. The molecule has 2 rings (SSSR count). The summed E-state index contributed by atoms with van der Waals surface area (Å²) < 4.78 is 1.23. The molecule has 21 heavy (non-hydrogen) atoms. The second kappa shape index (κ2) is 7.64. The summed E-state index contributed by atoms with van der Waals surface area (Å²) in [4.78, 5) is 0. The molecule has 0 N–H and O–H groups in total. The molecule has 0 aliphatic heterocycles. The molecule has 0 nitrogen and oxygen atoms in total. The van der Waals surface area contributed by atoms with Crippen molar-refractivity contribution in [3.05, 3.63) is 67.8 Å². The predicted molar refractivity (Wildman–Crippen MR) is 101 cm³/mol. The summed E-state index contributed by atoms with van der Waals surface area (Å²) in [5.74, 6) is 0. The number of rotatable bonds is 5. The van der Waals surface area contributed by atoms with Gasteiger partial charge in [0.1, 0.15) is 0 Å². The van der Waals surface area contributed by atoms with Crippen LogP contribution in [0.5, 0.6) is 0 Å². The summed E-state index contributed by atoms with van der Waals surface area (Å²) in [5.41, 5.74) is 6.71. The van der Waals surface area contributed by atoms with Gasteiger partial charge in [0.25, 0.3) is 0 Å². The van der Waals surface area contributed by atoms with E-state index in [4.69, 9.17) is 11.6 Å². The van der Waals surface area contributed by atoms with Crippen molar-refractivity contribution in [1.82, 2.24) is 0 Å². The molecule has 0 heterocycles. The van der Waals surface area contributed by atoms with E-state index in [1.165, 1.54) is 31.4 Å². The number of alkyl halides is 1. The smallest absolute Gasteiger partial charge is 0.0841 e. The summed E-state index contributed by atoms with van der Waals surface area (Å²) in [7, 11) is 0. The van der Waals surface area contributed by atoms with Gasteiger partial charge in [0.2, 0.25) is 0 Å². The second-order valence-corrected chi connectivity index (χ2v) is 6.99. The van der Waals surface area contributed by atoms with E-state index in [1.54, 1.807) is 0 Å². The Bertz CT molecular complexity index is 594.